The number of hydrogen-bond donors (Lipinski definition) is 1. The first kappa shape index (κ1) is 14.9. The monoisotopic (exact) mass is 324 g/mol. The number of nitrogens with one attached hydrogen (secondary N) is 1. The van der Waals surface area contributed by atoms with E-state index in [1.807, 2.05) is 19.2 Å². The lowest BCUT2D eigenvalue weighted by atomic mass is 9.96. The second-order valence-corrected chi connectivity index (χ2v) is 6.40. The summed E-state index contributed by atoms with van der Waals surface area (Å²) in [5.41, 5.74) is 1.64. The normalized spacial score (nSPS) is 16.0. The molecule has 0 unspecified atom stereocenters. The number of aromatic amines is 1. The van der Waals surface area contributed by atoms with Crippen molar-refractivity contribution in [2.45, 2.75) is 26.3 Å². The predicted molar refractivity (Wildman–Crippen MR) is 92.1 cm³/mol. The minimum Gasteiger partial charge on any atom is -0.356 e. The van der Waals surface area contributed by atoms with Crippen molar-refractivity contribution in [2.75, 3.05) is 18.0 Å². The van der Waals surface area contributed by atoms with E-state index >= 15 is 0 Å². The first-order valence-electron chi connectivity index (χ1n) is 8.26. The van der Waals surface area contributed by atoms with Crippen molar-refractivity contribution in [3.05, 3.63) is 47.0 Å². The Morgan fingerprint density at radius 3 is 2.96 bits per heavy atom. The van der Waals surface area contributed by atoms with Gasteiger partial charge in [0.2, 0.25) is 0 Å². The molecule has 0 saturated carbocycles. The highest BCUT2D eigenvalue weighted by Crippen LogP contribution is 2.27. The van der Waals surface area contributed by atoms with Crippen molar-refractivity contribution in [1.29, 1.82) is 0 Å². The maximum absolute atomic E-state index is 12.1. The van der Waals surface area contributed by atoms with Crippen LogP contribution >= 0.6 is 0 Å². The Bertz CT molecular complexity index is 907. The highest BCUT2D eigenvalue weighted by molar-refractivity contribution is 5.87. The fourth-order valence-electron chi connectivity index (χ4n) is 3.41. The van der Waals surface area contributed by atoms with Crippen molar-refractivity contribution in [1.82, 2.24) is 24.5 Å². The topological polar surface area (TPSA) is 79.7 Å². The van der Waals surface area contributed by atoms with Gasteiger partial charge in [-0.1, -0.05) is 0 Å². The molecule has 1 saturated heterocycles. The van der Waals surface area contributed by atoms with Gasteiger partial charge in [-0.15, -0.1) is 0 Å². The SMILES string of the molecule is Cc1cncn(CC2CCN(c3ncnc4[nH]ccc34)CC2)c1=O. The summed E-state index contributed by atoms with van der Waals surface area (Å²) in [5, 5.41) is 1.06. The molecule has 24 heavy (non-hydrogen) atoms. The second kappa shape index (κ2) is 6.07. The zero-order chi connectivity index (χ0) is 16.5. The molecule has 1 aliphatic heterocycles. The third-order valence-corrected chi connectivity index (χ3v) is 4.77. The average molecular weight is 324 g/mol. The summed E-state index contributed by atoms with van der Waals surface area (Å²) in [7, 11) is 0. The average Bonchev–Trinajstić information content (AvgIpc) is 3.08. The molecule has 4 rings (SSSR count). The van der Waals surface area contributed by atoms with Crippen molar-refractivity contribution < 1.29 is 0 Å². The first-order valence-corrected chi connectivity index (χ1v) is 8.26. The fraction of sp³-hybridized carbons (Fsp3) is 0.412. The molecule has 0 amide bonds. The Kier molecular flexibility index (Phi) is 3.76. The molecular weight excluding hydrogens is 304 g/mol. The van der Waals surface area contributed by atoms with Gasteiger partial charge in [-0.3, -0.25) is 9.36 Å². The maximum atomic E-state index is 12.1. The minimum absolute atomic E-state index is 0.0669. The molecule has 0 atom stereocenters. The zero-order valence-electron chi connectivity index (χ0n) is 13.6. The molecule has 0 radical (unpaired) electrons. The molecule has 1 fully saturated rings. The number of fused-ring (bicyclic) bond motifs is 1. The van der Waals surface area contributed by atoms with Crippen LogP contribution in [0.25, 0.3) is 11.0 Å². The highest BCUT2D eigenvalue weighted by atomic mass is 16.1. The van der Waals surface area contributed by atoms with Crippen LogP contribution in [0.3, 0.4) is 0 Å². The van der Waals surface area contributed by atoms with Crippen molar-refractivity contribution in [3.8, 4) is 0 Å². The summed E-state index contributed by atoms with van der Waals surface area (Å²) in [6, 6.07) is 2.02. The zero-order valence-corrected chi connectivity index (χ0v) is 13.6. The highest BCUT2D eigenvalue weighted by Gasteiger charge is 2.22. The van der Waals surface area contributed by atoms with E-state index in [1.165, 1.54) is 0 Å². The third kappa shape index (κ3) is 2.66. The largest absolute Gasteiger partial charge is 0.356 e. The summed E-state index contributed by atoms with van der Waals surface area (Å²) in [5.74, 6) is 1.49. The number of rotatable bonds is 3. The number of anilines is 1. The number of hydrogen-bond acceptors (Lipinski definition) is 5. The van der Waals surface area contributed by atoms with E-state index in [0.29, 0.717) is 11.5 Å². The van der Waals surface area contributed by atoms with E-state index in [1.54, 1.807) is 23.4 Å². The predicted octanol–water partition coefficient (Wildman–Crippen LogP) is 1.74. The van der Waals surface area contributed by atoms with E-state index in [-0.39, 0.29) is 5.56 Å². The number of piperidine rings is 1. The van der Waals surface area contributed by atoms with Crippen LogP contribution < -0.4 is 10.5 Å². The van der Waals surface area contributed by atoms with Gasteiger partial charge in [0, 0.05) is 37.6 Å². The summed E-state index contributed by atoms with van der Waals surface area (Å²) in [6.07, 6.45) is 8.85. The van der Waals surface area contributed by atoms with Crippen LogP contribution in [0.2, 0.25) is 0 Å². The smallest absolute Gasteiger partial charge is 0.256 e. The summed E-state index contributed by atoms with van der Waals surface area (Å²) >= 11 is 0. The van der Waals surface area contributed by atoms with E-state index < -0.39 is 0 Å². The summed E-state index contributed by atoms with van der Waals surface area (Å²) in [6.45, 7) is 4.43. The molecular formula is C17H20N6O. The van der Waals surface area contributed by atoms with Gasteiger partial charge in [0.15, 0.2) is 0 Å². The van der Waals surface area contributed by atoms with Crippen molar-refractivity contribution in [3.63, 3.8) is 0 Å². The van der Waals surface area contributed by atoms with E-state index in [2.05, 4.69) is 24.8 Å². The van der Waals surface area contributed by atoms with Gasteiger partial charge in [0.1, 0.15) is 17.8 Å². The fourth-order valence-corrected chi connectivity index (χ4v) is 3.41. The summed E-state index contributed by atoms with van der Waals surface area (Å²) in [4.78, 5) is 30.4. The second-order valence-electron chi connectivity index (χ2n) is 6.40. The lowest BCUT2D eigenvalue weighted by Gasteiger charge is -2.33. The van der Waals surface area contributed by atoms with Gasteiger partial charge >= 0.3 is 0 Å². The Labute approximate surface area is 139 Å². The Morgan fingerprint density at radius 2 is 2.12 bits per heavy atom. The lowest BCUT2D eigenvalue weighted by molar-refractivity contribution is 0.350. The van der Waals surface area contributed by atoms with Crippen LogP contribution in [0.1, 0.15) is 18.4 Å². The van der Waals surface area contributed by atoms with Crippen molar-refractivity contribution in [2.24, 2.45) is 5.92 Å². The van der Waals surface area contributed by atoms with Crippen LogP contribution in [0.5, 0.6) is 0 Å². The molecule has 7 nitrogen and oxygen atoms in total. The molecule has 0 aliphatic carbocycles. The molecule has 4 heterocycles. The van der Waals surface area contributed by atoms with Crippen LogP contribution in [0.15, 0.2) is 35.9 Å². The van der Waals surface area contributed by atoms with Gasteiger partial charge in [-0.2, -0.15) is 0 Å². The van der Waals surface area contributed by atoms with Gasteiger partial charge in [-0.25, -0.2) is 15.0 Å². The minimum atomic E-state index is 0.0669. The van der Waals surface area contributed by atoms with Crippen LogP contribution in [-0.2, 0) is 6.54 Å². The Hall–Kier alpha value is -2.70. The maximum Gasteiger partial charge on any atom is 0.256 e. The van der Waals surface area contributed by atoms with E-state index in [9.17, 15) is 4.79 Å². The third-order valence-electron chi connectivity index (χ3n) is 4.77. The molecule has 0 bridgehead atoms. The lowest BCUT2D eigenvalue weighted by Crippen LogP contribution is -2.37. The first-order chi connectivity index (χ1) is 11.7. The number of aromatic nitrogens is 5. The Balaban J connectivity index is 1.46. The standard InChI is InChI=1S/C17H20N6O/c1-12-8-18-11-23(17(12)24)9-13-3-6-22(7-4-13)16-14-2-5-19-15(14)20-10-21-16/h2,5,8,10-11,13H,3-4,6-7,9H2,1H3,(H,19,20,21). The van der Waals surface area contributed by atoms with E-state index in [0.717, 1.165) is 49.3 Å². The molecule has 124 valence electrons. The molecule has 3 aromatic rings. The number of H-pyrrole nitrogens is 1. The van der Waals surface area contributed by atoms with Gasteiger partial charge in [0.05, 0.1) is 11.7 Å². The van der Waals surface area contributed by atoms with Gasteiger partial charge in [-0.05, 0) is 31.7 Å². The molecule has 0 spiro atoms. The van der Waals surface area contributed by atoms with Gasteiger partial charge in [0.25, 0.3) is 5.56 Å². The number of aryl methyl sites for hydroxylation is 1. The van der Waals surface area contributed by atoms with Crippen LogP contribution in [0.4, 0.5) is 5.82 Å². The van der Waals surface area contributed by atoms with Gasteiger partial charge < -0.3 is 9.88 Å². The van der Waals surface area contributed by atoms with E-state index in [4.69, 9.17) is 0 Å². The van der Waals surface area contributed by atoms with Crippen molar-refractivity contribution >= 4 is 16.9 Å². The summed E-state index contributed by atoms with van der Waals surface area (Å²) < 4.78 is 1.74. The quantitative estimate of drug-likeness (QED) is 0.794. The Morgan fingerprint density at radius 1 is 1.29 bits per heavy atom. The van der Waals surface area contributed by atoms with Crippen LogP contribution in [0, 0.1) is 12.8 Å². The molecule has 1 N–H and O–H groups in total. The molecule has 1 aliphatic rings. The van der Waals surface area contributed by atoms with Crippen LogP contribution in [-0.4, -0.2) is 37.6 Å². The molecule has 0 aromatic carbocycles. The molecule has 7 heteroatoms. The number of nitrogens with zero attached hydrogens (tertiary/aromatic N) is 5. The molecule has 3 aromatic heterocycles.